The molecular weight excluding hydrogens is 438 g/mol. The monoisotopic (exact) mass is 457 g/mol. The summed E-state index contributed by atoms with van der Waals surface area (Å²) in [5.74, 6) is -1.08. The summed E-state index contributed by atoms with van der Waals surface area (Å²) in [6.45, 7) is 2.12. The minimum atomic E-state index is -0.628. The van der Waals surface area contributed by atoms with Crippen LogP contribution in [0, 0.1) is 10.1 Å². The second-order valence-corrected chi connectivity index (χ2v) is 8.36. The average Bonchev–Trinajstić information content (AvgIpc) is 3.01. The highest BCUT2D eigenvalue weighted by Gasteiger charge is 2.32. The van der Waals surface area contributed by atoms with Crippen molar-refractivity contribution in [2.24, 2.45) is 0 Å². The van der Waals surface area contributed by atoms with Gasteiger partial charge in [0.25, 0.3) is 11.6 Å². The molecule has 8 nitrogen and oxygen atoms in total. The van der Waals surface area contributed by atoms with Crippen molar-refractivity contribution >= 4 is 57.6 Å². The lowest BCUT2D eigenvalue weighted by molar-refractivity contribution is -0.384. The zero-order valence-electron chi connectivity index (χ0n) is 16.5. The van der Waals surface area contributed by atoms with E-state index in [1.807, 2.05) is 24.3 Å². The first-order chi connectivity index (χ1) is 14.8. The molecule has 0 bridgehead atoms. The molecule has 0 spiro atoms. The molecule has 10 heteroatoms. The highest BCUT2D eigenvalue weighted by atomic mass is 32.2. The van der Waals surface area contributed by atoms with Crippen LogP contribution in [0.5, 0.6) is 5.75 Å². The molecule has 1 saturated heterocycles. The SMILES string of the molecule is CCc1ccc(/C=C2\SC(=S)N(CCC(=O)Nc3cc([N+](=O)[O-])ccc3O)C2=O)cc1. The van der Waals surface area contributed by atoms with Gasteiger partial charge >= 0.3 is 0 Å². The second-order valence-electron chi connectivity index (χ2n) is 6.69. The molecule has 1 aliphatic rings. The van der Waals surface area contributed by atoms with Crippen molar-refractivity contribution < 1.29 is 19.6 Å². The number of thioether (sulfide) groups is 1. The maximum Gasteiger partial charge on any atom is 0.271 e. The number of aromatic hydroxyl groups is 1. The van der Waals surface area contributed by atoms with Gasteiger partial charge in [-0.05, 0) is 29.7 Å². The van der Waals surface area contributed by atoms with E-state index in [-0.39, 0.29) is 36.0 Å². The number of carbonyl (C=O) groups is 2. The number of hydrogen-bond acceptors (Lipinski definition) is 7. The average molecular weight is 458 g/mol. The highest BCUT2D eigenvalue weighted by molar-refractivity contribution is 8.26. The molecule has 2 aromatic rings. The first kappa shape index (κ1) is 22.4. The number of aryl methyl sites for hydroxylation is 1. The Morgan fingerprint density at radius 3 is 2.65 bits per heavy atom. The fourth-order valence-electron chi connectivity index (χ4n) is 2.86. The number of carbonyl (C=O) groups excluding carboxylic acids is 2. The van der Waals surface area contributed by atoms with Crippen molar-refractivity contribution in [2.75, 3.05) is 11.9 Å². The molecule has 1 aliphatic heterocycles. The number of nitro groups is 1. The molecule has 0 saturated carbocycles. The fourth-order valence-corrected chi connectivity index (χ4v) is 4.17. The minimum absolute atomic E-state index is 0.0539. The van der Waals surface area contributed by atoms with Crippen LogP contribution in [0.4, 0.5) is 11.4 Å². The van der Waals surface area contributed by atoms with E-state index in [0.29, 0.717) is 9.23 Å². The molecule has 31 heavy (non-hydrogen) atoms. The summed E-state index contributed by atoms with van der Waals surface area (Å²) in [6.07, 6.45) is 2.60. The van der Waals surface area contributed by atoms with Crippen LogP contribution in [-0.2, 0) is 16.0 Å². The summed E-state index contributed by atoms with van der Waals surface area (Å²) in [5, 5.41) is 23.1. The molecule has 160 valence electrons. The predicted molar refractivity (Wildman–Crippen MR) is 124 cm³/mol. The third-order valence-electron chi connectivity index (χ3n) is 4.59. The van der Waals surface area contributed by atoms with E-state index in [4.69, 9.17) is 12.2 Å². The second kappa shape index (κ2) is 9.71. The van der Waals surface area contributed by atoms with Gasteiger partial charge in [0.15, 0.2) is 0 Å². The summed E-state index contributed by atoms with van der Waals surface area (Å²) in [5.41, 5.74) is 1.75. The van der Waals surface area contributed by atoms with E-state index in [0.717, 1.165) is 30.2 Å². The quantitative estimate of drug-likeness (QED) is 0.212. The Morgan fingerprint density at radius 1 is 1.29 bits per heavy atom. The molecule has 2 aromatic carbocycles. The van der Waals surface area contributed by atoms with Crippen LogP contribution in [0.3, 0.4) is 0 Å². The van der Waals surface area contributed by atoms with Crippen molar-refractivity contribution in [1.82, 2.24) is 4.90 Å². The Balaban J connectivity index is 1.62. The van der Waals surface area contributed by atoms with E-state index in [9.17, 15) is 24.8 Å². The number of amides is 2. The minimum Gasteiger partial charge on any atom is -0.506 e. The summed E-state index contributed by atoms with van der Waals surface area (Å²) in [4.78, 5) is 37.0. The van der Waals surface area contributed by atoms with Gasteiger partial charge in [-0.3, -0.25) is 24.6 Å². The number of nitrogens with one attached hydrogen (secondary N) is 1. The lowest BCUT2D eigenvalue weighted by Gasteiger charge is -2.14. The Morgan fingerprint density at radius 2 is 2.00 bits per heavy atom. The molecule has 0 aromatic heterocycles. The highest BCUT2D eigenvalue weighted by Crippen LogP contribution is 2.33. The van der Waals surface area contributed by atoms with Crippen LogP contribution in [-0.4, -0.2) is 37.6 Å². The number of phenols is 1. The van der Waals surface area contributed by atoms with Crippen LogP contribution in [0.15, 0.2) is 47.4 Å². The van der Waals surface area contributed by atoms with Gasteiger partial charge in [0.05, 0.1) is 15.5 Å². The summed E-state index contributed by atoms with van der Waals surface area (Å²) in [7, 11) is 0. The number of rotatable bonds is 7. The van der Waals surface area contributed by atoms with Crippen molar-refractivity contribution in [3.63, 3.8) is 0 Å². The van der Waals surface area contributed by atoms with Crippen LogP contribution < -0.4 is 5.32 Å². The molecular formula is C21H19N3O5S2. The molecule has 0 aliphatic carbocycles. The number of non-ortho nitro benzene ring substituents is 1. The zero-order valence-corrected chi connectivity index (χ0v) is 18.2. The predicted octanol–water partition coefficient (Wildman–Crippen LogP) is 4.09. The van der Waals surface area contributed by atoms with Gasteiger partial charge < -0.3 is 10.4 Å². The zero-order chi connectivity index (χ0) is 22.5. The number of hydrogen-bond donors (Lipinski definition) is 2. The van der Waals surface area contributed by atoms with E-state index in [1.54, 1.807) is 6.08 Å². The van der Waals surface area contributed by atoms with Gasteiger partial charge in [-0.2, -0.15) is 0 Å². The van der Waals surface area contributed by atoms with Crippen LogP contribution in [0.25, 0.3) is 6.08 Å². The topological polar surface area (TPSA) is 113 Å². The van der Waals surface area contributed by atoms with Crippen LogP contribution in [0.1, 0.15) is 24.5 Å². The Bertz CT molecular complexity index is 1080. The summed E-state index contributed by atoms with van der Waals surface area (Å²) >= 11 is 6.45. The smallest absolute Gasteiger partial charge is 0.271 e. The summed E-state index contributed by atoms with van der Waals surface area (Å²) in [6, 6.07) is 11.2. The third kappa shape index (κ3) is 5.47. The normalized spacial score (nSPS) is 14.9. The Kier molecular flexibility index (Phi) is 7.03. The molecule has 1 fully saturated rings. The number of anilines is 1. The van der Waals surface area contributed by atoms with Crippen LogP contribution >= 0.6 is 24.0 Å². The van der Waals surface area contributed by atoms with Gasteiger partial charge in [-0.15, -0.1) is 0 Å². The maximum atomic E-state index is 12.7. The number of nitrogens with zero attached hydrogens (tertiary/aromatic N) is 2. The first-order valence-electron chi connectivity index (χ1n) is 9.40. The standard InChI is InChI=1S/C21H19N3O5S2/c1-2-13-3-5-14(6-4-13)11-18-20(27)23(21(30)31-18)10-9-19(26)22-16-12-15(24(28)29)7-8-17(16)25/h3-8,11-12,25H,2,9-10H2,1H3,(H,22,26)/b18-11-. The van der Waals surface area contributed by atoms with E-state index >= 15 is 0 Å². The lowest BCUT2D eigenvalue weighted by atomic mass is 10.1. The molecule has 3 rings (SSSR count). The summed E-state index contributed by atoms with van der Waals surface area (Å²) < 4.78 is 0.354. The maximum absolute atomic E-state index is 12.7. The fraction of sp³-hybridized carbons (Fsp3) is 0.190. The lowest BCUT2D eigenvalue weighted by Crippen LogP contribution is -2.31. The van der Waals surface area contributed by atoms with Gasteiger partial charge in [-0.1, -0.05) is 55.2 Å². The third-order valence-corrected chi connectivity index (χ3v) is 5.96. The van der Waals surface area contributed by atoms with Gasteiger partial charge in [0.1, 0.15) is 10.1 Å². The van der Waals surface area contributed by atoms with Gasteiger partial charge in [0.2, 0.25) is 5.91 Å². The number of phenolic OH excluding ortho intramolecular Hbond substituents is 1. The van der Waals surface area contributed by atoms with E-state index < -0.39 is 10.8 Å². The molecule has 0 atom stereocenters. The van der Waals surface area contributed by atoms with Crippen molar-refractivity contribution in [1.29, 1.82) is 0 Å². The Hall–Kier alpha value is -3.24. The number of thiocarbonyl (C=S) groups is 1. The van der Waals surface area contributed by atoms with Gasteiger partial charge in [0, 0.05) is 25.1 Å². The number of benzene rings is 2. The van der Waals surface area contributed by atoms with Crippen molar-refractivity contribution in [3.8, 4) is 5.75 Å². The number of nitro benzene ring substituents is 1. The van der Waals surface area contributed by atoms with Crippen LogP contribution in [0.2, 0.25) is 0 Å². The molecule has 0 radical (unpaired) electrons. The van der Waals surface area contributed by atoms with Gasteiger partial charge in [-0.25, -0.2) is 0 Å². The molecule has 2 amide bonds. The Labute approximate surface area is 188 Å². The molecule has 0 unspecified atom stereocenters. The molecule has 2 N–H and O–H groups in total. The van der Waals surface area contributed by atoms with E-state index in [1.165, 1.54) is 22.2 Å². The largest absolute Gasteiger partial charge is 0.506 e. The van der Waals surface area contributed by atoms with Crippen molar-refractivity contribution in [3.05, 3.63) is 68.6 Å². The molecule has 1 heterocycles. The van der Waals surface area contributed by atoms with E-state index in [2.05, 4.69) is 12.2 Å². The first-order valence-corrected chi connectivity index (χ1v) is 10.6. The van der Waals surface area contributed by atoms with Crippen molar-refractivity contribution in [2.45, 2.75) is 19.8 Å².